The molecule has 0 radical (unpaired) electrons. The minimum absolute atomic E-state index is 0.392. The molecule has 0 fully saturated rings. The summed E-state index contributed by atoms with van der Waals surface area (Å²) >= 11 is 0. The summed E-state index contributed by atoms with van der Waals surface area (Å²) in [4.78, 5) is 0. The summed E-state index contributed by atoms with van der Waals surface area (Å²) in [6.45, 7) is 0. The molecule has 2 aromatic rings. The quantitative estimate of drug-likeness (QED) is 0.678. The molecule has 3 rings (SSSR count). The van der Waals surface area contributed by atoms with Crippen LogP contribution < -0.4 is 9.22 Å². The zero-order valence-corrected chi connectivity index (χ0v) is 15.1. The monoisotopic (exact) mass is 338 g/mol. The van der Waals surface area contributed by atoms with E-state index in [0.717, 1.165) is 16.8 Å². The van der Waals surface area contributed by atoms with Crippen LogP contribution in [-0.4, -0.2) is 39.1 Å². The largest absolute Gasteiger partial charge is 0.494 e. The normalized spacial score (nSPS) is 19.9. The fourth-order valence-corrected chi connectivity index (χ4v) is 3.03. The first-order valence-corrected chi connectivity index (χ1v) is 8.24. The number of rotatable bonds is 4. The molecule has 1 aliphatic carbocycles. The van der Waals surface area contributed by atoms with Gasteiger partial charge in [0.25, 0.3) is 0 Å². The molecule has 130 valence electrons. The molecule has 0 aromatic heterocycles. The lowest BCUT2D eigenvalue weighted by Gasteiger charge is -2.31. The van der Waals surface area contributed by atoms with Crippen molar-refractivity contribution in [2.24, 2.45) is 10.2 Å². The van der Waals surface area contributed by atoms with Crippen molar-refractivity contribution in [3.8, 4) is 5.75 Å². The second kappa shape index (κ2) is 6.43. The molecule has 0 aliphatic heterocycles. The lowest BCUT2D eigenvalue weighted by molar-refractivity contribution is 0.0930. The van der Waals surface area contributed by atoms with Crippen LogP contribution in [0.1, 0.15) is 11.1 Å². The Bertz CT molecular complexity index is 837. The van der Waals surface area contributed by atoms with Crippen molar-refractivity contribution >= 4 is 17.5 Å². The predicted molar refractivity (Wildman–Crippen MR) is 101 cm³/mol. The zero-order chi connectivity index (χ0) is 18.1. The first-order chi connectivity index (χ1) is 11.8. The van der Waals surface area contributed by atoms with Crippen LogP contribution in [-0.2, 0) is 6.42 Å². The number of nitrogens with zero attached hydrogens (tertiary/aromatic N) is 3. The number of ether oxygens (including phenoxy) is 1. The Morgan fingerprint density at radius 2 is 1.84 bits per heavy atom. The van der Waals surface area contributed by atoms with E-state index >= 15 is 0 Å². The summed E-state index contributed by atoms with van der Waals surface area (Å²) < 4.78 is 5.96. The molecule has 0 saturated heterocycles. The highest BCUT2D eigenvalue weighted by Crippen LogP contribution is 2.36. The first-order valence-electron chi connectivity index (χ1n) is 8.24. The van der Waals surface area contributed by atoms with Crippen molar-refractivity contribution in [3.63, 3.8) is 0 Å². The molecule has 0 heterocycles. The van der Waals surface area contributed by atoms with Crippen LogP contribution in [0, 0.1) is 0 Å². The highest BCUT2D eigenvalue weighted by Gasteiger charge is 2.32. The van der Waals surface area contributed by atoms with Gasteiger partial charge in [-0.05, 0) is 29.8 Å². The SMILES string of the molecule is COc1ccccc1N=NC1(O)C=Cc2cccc([N+](C)(C)C)c2C1. The Morgan fingerprint density at radius 1 is 1.08 bits per heavy atom. The van der Waals surface area contributed by atoms with Gasteiger partial charge in [-0.25, -0.2) is 0 Å². The summed E-state index contributed by atoms with van der Waals surface area (Å²) in [7, 11) is 7.93. The lowest BCUT2D eigenvalue weighted by atomic mass is 9.90. The summed E-state index contributed by atoms with van der Waals surface area (Å²) in [5.41, 5.74) is 2.60. The van der Waals surface area contributed by atoms with E-state index in [1.54, 1.807) is 13.2 Å². The van der Waals surface area contributed by atoms with Gasteiger partial charge >= 0.3 is 0 Å². The van der Waals surface area contributed by atoms with Gasteiger partial charge in [0, 0.05) is 12.0 Å². The van der Waals surface area contributed by atoms with Crippen molar-refractivity contribution in [1.82, 2.24) is 4.48 Å². The van der Waals surface area contributed by atoms with Crippen LogP contribution in [0.5, 0.6) is 5.75 Å². The van der Waals surface area contributed by atoms with E-state index in [-0.39, 0.29) is 0 Å². The van der Waals surface area contributed by atoms with Gasteiger partial charge in [0.1, 0.15) is 17.1 Å². The highest BCUT2D eigenvalue weighted by molar-refractivity contribution is 5.67. The lowest BCUT2D eigenvalue weighted by Crippen LogP contribution is -2.38. The van der Waals surface area contributed by atoms with Crippen LogP contribution in [0.25, 0.3) is 6.08 Å². The van der Waals surface area contributed by atoms with Crippen molar-refractivity contribution in [2.45, 2.75) is 12.1 Å². The number of fused-ring (bicyclic) bond motifs is 1. The average molecular weight is 338 g/mol. The molecule has 1 unspecified atom stereocenters. The molecule has 1 N–H and O–H groups in total. The number of aliphatic hydroxyl groups is 1. The number of azo groups is 1. The van der Waals surface area contributed by atoms with Crippen LogP contribution in [0.3, 0.4) is 0 Å². The Balaban J connectivity index is 1.95. The summed E-state index contributed by atoms with van der Waals surface area (Å²) in [5.74, 6) is 0.627. The second-order valence-electron chi connectivity index (χ2n) is 7.12. The number of para-hydroxylation sites is 1. The van der Waals surface area contributed by atoms with Crippen molar-refractivity contribution < 1.29 is 9.84 Å². The molecule has 2 aromatic carbocycles. The molecule has 0 saturated carbocycles. The molecule has 25 heavy (non-hydrogen) atoms. The summed E-state index contributed by atoms with van der Waals surface area (Å²) in [6.07, 6.45) is 4.01. The molecular formula is C20H24N3O2+. The predicted octanol–water partition coefficient (Wildman–Crippen LogP) is 3.93. The van der Waals surface area contributed by atoms with Gasteiger partial charge in [0.05, 0.1) is 28.3 Å². The maximum atomic E-state index is 10.9. The van der Waals surface area contributed by atoms with Crippen LogP contribution in [0.4, 0.5) is 11.4 Å². The molecule has 0 spiro atoms. The van der Waals surface area contributed by atoms with Crippen molar-refractivity contribution in [2.75, 3.05) is 28.3 Å². The maximum absolute atomic E-state index is 10.9. The number of hydrogen-bond donors (Lipinski definition) is 1. The Morgan fingerprint density at radius 3 is 2.56 bits per heavy atom. The molecule has 1 atom stereocenters. The number of benzene rings is 2. The van der Waals surface area contributed by atoms with Gasteiger partial charge in [-0.3, -0.25) is 4.48 Å². The van der Waals surface area contributed by atoms with Crippen LogP contribution >= 0.6 is 0 Å². The Kier molecular flexibility index (Phi) is 4.45. The Hall–Kier alpha value is -2.50. The second-order valence-corrected chi connectivity index (χ2v) is 7.12. The zero-order valence-electron chi connectivity index (χ0n) is 15.1. The van der Waals surface area contributed by atoms with Crippen LogP contribution in [0.2, 0.25) is 0 Å². The van der Waals surface area contributed by atoms with E-state index in [2.05, 4.69) is 43.5 Å². The van der Waals surface area contributed by atoms with E-state index < -0.39 is 5.72 Å². The maximum Gasteiger partial charge on any atom is 0.200 e. The van der Waals surface area contributed by atoms with E-state index in [1.165, 1.54) is 0 Å². The minimum atomic E-state index is -1.36. The third-order valence-electron chi connectivity index (χ3n) is 4.29. The molecular weight excluding hydrogens is 314 g/mol. The molecule has 5 heteroatoms. The van der Waals surface area contributed by atoms with E-state index in [9.17, 15) is 5.11 Å². The molecule has 1 aliphatic rings. The van der Waals surface area contributed by atoms with Gasteiger partial charge in [0.15, 0.2) is 5.72 Å². The summed E-state index contributed by atoms with van der Waals surface area (Å²) in [6, 6.07) is 13.6. The number of hydrogen-bond acceptors (Lipinski definition) is 4. The molecule has 0 amide bonds. The third kappa shape index (κ3) is 3.62. The van der Waals surface area contributed by atoms with E-state index in [4.69, 9.17) is 4.74 Å². The highest BCUT2D eigenvalue weighted by atomic mass is 16.5. The van der Waals surface area contributed by atoms with Crippen molar-refractivity contribution in [3.05, 3.63) is 59.7 Å². The van der Waals surface area contributed by atoms with Crippen LogP contribution in [0.15, 0.2) is 58.8 Å². The topological polar surface area (TPSA) is 54.2 Å². The smallest absolute Gasteiger partial charge is 0.200 e. The van der Waals surface area contributed by atoms with Crippen molar-refractivity contribution in [1.29, 1.82) is 0 Å². The fourth-order valence-electron chi connectivity index (χ4n) is 3.03. The fraction of sp³-hybridized carbons (Fsp3) is 0.300. The van der Waals surface area contributed by atoms with Gasteiger partial charge in [-0.15, -0.1) is 10.2 Å². The van der Waals surface area contributed by atoms with Gasteiger partial charge in [-0.1, -0.05) is 30.3 Å². The van der Waals surface area contributed by atoms with E-state index in [1.807, 2.05) is 36.4 Å². The van der Waals surface area contributed by atoms with Gasteiger partial charge < -0.3 is 9.84 Å². The van der Waals surface area contributed by atoms with Gasteiger partial charge in [0.2, 0.25) is 0 Å². The molecule has 0 bridgehead atoms. The summed E-state index contributed by atoms with van der Waals surface area (Å²) in [5, 5.41) is 19.4. The average Bonchev–Trinajstić information content (AvgIpc) is 2.59. The van der Waals surface area contributed by atoms with E-state index in [0.29, 0.717) is 22.3 Å². The number of quaternary nitrogens is 1. The Labute approximate surface area is 148 Å². The third-order valence-corrected chi connectivity index (χ3v) is 4.29. The first kappa shape index (κ1) is 17.3. The number of methoxy groups -OCH3 is 1. The standard InChI is InChI=1S/C20H24N3O2/c1-23(2,3)18-10-7-8-15-12-13-20(24,14-16(15)18)22-21-17-9-5-6-11-19(17)25-4/h5-13,24H,14H2,1-4H3/q+1. The molecule has 5 nitrogen and oxygen atoms in total. The van der Waals surface area contributed by atoms with Gasteiger partial charge in [-0.2, -0.15) is 0 Å². The minimum Gasteiger partial charge on any atom is -0.494 e.